The number of aryl methyl sites for hydroxylation is 1. The van der Waals surface area contributed by atoms with Gasteiger partial charge in [0.25, 0.3) is 0 Å². The van der Waals surface area contributed by atoms with Gasteiger partial charge in [0.05, 0.1) is 5.25 Å². The summed E-state index contributed by atoms with van der Waals surface area (Å²) in [5.74, 6) is -0.324. The number of amides is 3. The monoisotopic (exact) mass is 267 g/mol. The number of urea groups is 1. The average molecular weight is 267 g/mol. The molecule has 0 radical (unpaired) electrons. The van der Waals surface area contributed by atoms with Gasteiger partial charge in [-0.3, -0.25) is 10.1 Å². The lowest BCUT2D eigenvalue weighted by molar-refractivity contribution is -0.119. The quantitative estimate of drug-likeness (QED) is 0.572. The summed E-state index contributed by atoms with van der Waals surface area (Å²) in [5, 5.41) is 4.23. The second kappa shape index (κ2) is 6.30. The highest BCUT2D eigenvalue weighted by Gasteiger charge is 2.17. The van der Waals surface area contributed by atoms with Gasteiger partial charge < -0.3 is 11.1 Å². The van der Waals surface area contributed by atoms with Crippen molar-refractivity contribution < 1.29 is 9.59 Å². The molecule has 6 heteroatoms. The van der Waals surface area contributed by atoms with Crippen molar-refractivity contribution in [2.24, 2.45) is 0 Å². The van der Waals surface area contributed by atoms with Crippen LogP contribution in [-0.2, 0) is 4.79 Å². The minimum atomic E-state index is -0.499. The van der Waals surface area contributed by atoms with Crippen molar-refractivity contribution in [3.8, 4) is 0 Å². The van der Waals surface area contributed by atoms with Crippen LogP contribution >= 0.6 is 11.8 Å². The molecule has 0 aliphatic heterocycles. The van der Waals surface area contributed by atoms with Crippen molar-refractivity contribution in [3.05, 3.63) is 23.8 Å². The highest BCUT2D eigenvalue weighted by molar-refractivity contribution is 8.00. The van der Waals surface area contributed by atoms with Gasteiger partial charge in [-0.1, -0.05) is 0 Å². The van der Waals surface area contributed by atoms with Gasteiger partial charge in [0.1, 0.15) is 0 Å². The summed E-state index contributed by atoms with van der Waals surface area (Å²) < 4.78 is 0. The van der Waals surface area contributed by atoms with Crippen LogP contribution in [0, 0.1) is 6.92 Å². The van der Waals surface area contributed by atoms with Crippen LogP contribution in [0.5, 0.6) is 0 Å². The molecule has 1 atom stereocenters. The molecule has 0 spiro atoms. The first-order chi connectivity index (χ1) is 8.43. The molecule has 1 aromatic rings. The number of hydrogen-bond donors (Lipinski definition) is 3. The van der Waals surface area contributed by atoms with Gasteiger partial charge in [0, 0.05) is 17.6 Å². The van der Waals surface area contributed by atoms with Crippen molar-refractivity contribution in [1.29, 1.82) is 0 Å². The zero-order chi connectivity index (χ0) is 13.7. The summed E-state index contributed by atoms with van der Waals surface area (Å²) in [6.45, 7) is 3.68. The predicted molar refractivity (Wildman–Crippen MR) is 73.5 cm³/mol. The lowest BCUT2D eigenvalue weighted by atomic mass is 10.2. The third-order valence-corrected chi connectivity index (χ3v) is 3.62. The zero-order valence-electron chi connectivity index (χ0n) is 10.6. The van der Waals surface area contributed by atoms with E-state index in [-0.39, 0.29) is 11.2 Å². The lowest BCUT2D eigenvalue weighted by Gasteiger charge is -2.12. The summed E-state index contributed by atoms with van der Waals surface area (Å²) in [6.07, 6.45) is 0. The normalized spacial score (nSPS) is 11.7. The number of carbonyl (C=O) groups is 2. The molecule has 4 N–H and O–H groups in total. The van der Waals surface area contributed by atoms with E-state index >= 15 is 0 Å². The Bertz CT molecular complexity index is 463. The van der Waals surface area contributed by atoms with Crippen LogP contribution in [0.2, 0.25) is 0 Å². The number of hydrogen-bond acceptors (Lipinski definition) is 4. The fraction of sp³-hybridized carbons (Fsp3) is 0.333. The number of thioether (sulfide) groups is 1. The van der Waals surface area contributed by atoms with E-state index in [1.54, 1.807) is 13.0 Å². The van der Waals surface area contributed by atoms with Crippen LogP contribution < -0.4 is 16.4 Å². The molecule has 1 aromatic carbocycles. The Hall–Kier alpha value is -1.69. The van der Waals surface area contributed by atoms with Crippen molar-refractivity contribution in [2.45, 2.75) is 24.0 Å². The molecule has 0 bridgehead atoms. The standard InChI is InChI=1S/C12H17N3O2S/c1-7-6-9(13)4-5-10(7)18-8(2)11(16)15-12(17)14-3/h4-6,8H,13H2,1-3H3,(H2,14,15,16,17). The van der Waals surface area contributed by atoms with E-state index < -0.39 is 6.03 Å². The number of nitrogens with one attached hydrogen (secondary N) is 2. The average Bonchev–Trinajstić information content (AvgIpc) is 2.32. The Labute approximate surface area is 111 Å². The first kappa shape index (κ1) is 14.4. The number of nitrogen functional groups attached to an aromatic ring is 1. The Morgan fingerprint density at radius 2 is 2.06 bits per heavy atom. The maximum Gasteiger partial charge on any atom is 0.321 e. The molecule has 0 aromatic heterocycles. The van der Waals surface area contributed by atoms with Crippen molar-refractivity contribution >= 4 is 29.4 Å². The molecule has 18 heavy (non-hydrogen) atoms. The molecule has 3 amide bonds. The van der Waals surface area contributed by atoms with Gasteiger partial charge in [-0.25, -0.2) is 4.79 Å². The van der Waals surface area contributed by atoms with Crippen LogP contribution in [0.1, 0.15) is 12.5 Å². The molecule has 5 nitrogen and oxygen atoms in total. The zero-order valence-corrected chi connectivity index (χ0v) is 11.4. The second-order valence-corrected chi connectivity index (χ2v) is 5.24. The van der Waals surface area contributed by atoms with Crippen LogP contribution in [0.3, 0.4) is 0 Å². The highest BCUT2D eigenvalue weighted by Crippen LogP contribution is 2.27. The largest absolute Gasteiger partial charge is 0.399 e. The van der Waals surface area contributed by atoms with E-state index in [4.69, 9.17) is 5.73 Å². The van der Waals surface area contributed by atoms with Crippen molar-refractivity contribution in [2.75, 3.05) is 12.8 Å². The fourth-order valence-corrected chi connectivity index (χ4v) is 2.26. The summed E-state index contributed by atoms with van der Waals surface area (Å²) in [5.41, 5.74) is 7.37. The highest BCUT2D eigenvalue weighted by atomic mass is 32.2. The second-order valence-electron chi connectivity index (χ2n) is 3.85. The van der Waals surface area contributed by atoms with Crippen LogP contribution in [-0.4, -0.2) is 24.2 Å². The van der Waals surface area contributed by atoms with Crippen molar-refractivity contribution in [1.82, 2.24) is 10.6 Å². The SMILES string of the molecule is CNC(=O)NC(=O)C(C)Sc1ccc(N)cc1C. The van der Waals surface area contributed by atoms with E-state index in [1.807, 2.05) is 19.1 Å². The maximum absolute atomic E-state index is 11.7. The first-order valence-electron chi connectivity index (χ1n) is 5.49. The number of nitrogens with two attached hydrogens (primary N) is 1. The summed E-state index contributed by atoms with van der Waals surface area (Å²) in [6, 6.07) is 5.02. The minimum absolute atomic E-state index is 0.324. The molecule has 1 rings (SSSR count). The van der Waals surface area contributed by atoms with Gasteiger partial charge in [0.2, 0.25) is 5.91 Å². The van der Waals surface area contributed by atoms with E-state index in [0.29, 0.717) is 5.69 Å². The van der Waals surface area contributed by atoms with Gasteiger partial charge >= 0.3 is 6.03 Å². The van der Waals surface area contributed by atoms with Crippen LogP contribution in [0.25, 0.3) is 0 Å². The molecule has 0 fully saturated rings. The van der Waals surface area contributed by atoms with Crippen LogP contribution in [0.4, 0.5) is 10.5 Å². The lowest BCUT2D eigenvalue weighted by Crippen LogP contribution is -2.41. The van der Waals surface area contributed by atoms with Gasteiger partial charge in [-0.05, 0) is 37.6 Å². The van der Waals surface area contributed by atoms with E-state index in [9.17, 15) is 9.59 Å². The Balaban J connectivity index is 2.66. The van der Waals surface area contributed by atoms with Crippen LogP contribution in [0.15, 0.2) is 23.1 Å². The molecule has 0 aliphatic carbocycles. The van der Waals surface area contributed by atoms with Gasteiger partial charge in [-0.15, -0.1) is 11.8 Å². The molecule has 0 aliphatic rings. The topological polar surface area (TPSA) is 84.2 Å². The molecular formula is C12H17N3O2S. The molecular weight excluding hydrogens is 250 g/mol. The minimum Gasteiger partial charge on any atom is -0.399 e. The fourth-order valence-electron chi connectivity index (χ4n) is 1.32. The molecule has 0 saturated carbocycles. The predicted octanol–water partition coefficient (Wildman–Crippen LogP) is 1.51. The third-order valence-electron chi connectivity index (χ3n) is 2.34. The summed E-state index contributed by atoms with van der Waals surface area (Å²) >= 11 is 1.39. The smallest absolute Gasteiger partial charge is 0.321 e. The number of rotatable bonds is 3. The number of imide groups is 1. The molecule has 0 saturated heterocycles. The van der Waals surface area contributed by atoms with E-state index in [1.165, 1.54) is 18.8 Å². The van der Waals surface area contributed by atoms with Gasteiger partial charge in [0.15, 0.2) is 0 Å². The Kier molecular flexibility index (Phi) is 5.03. The number of benzene rings is 1. The molecule has 0 heterocycles. The Morgan fingerprint density at radius 3 is 2.61 bits per heavy atom. The Morgan fingerprint density at radius 1 is 1.39 bits per heavy atom. The third kappa shape index (κ3) is 3.96. The van der Waals surface area contributed by atoms with Gasteiger partial charge in [-0.2, -0.15) is 0 Å². The first-order valence-corrected chi connectivity index (χ1v) is 6.37. The maximum atomic E-state index is 11.7. The molecule has 1 unspecified atom stereocenters. The number of carbonyl (C=O) groups excluding carboxylic acids is 2. The van der Waals surface area contributed by atoms with E-state index in [2.05, 4.69) is 10.6 Å². The summed E-state index contributed by atoms with van der Waals surface area (Å²) in [7, 11) is 1.46. The van der Waals surface area contributed by atoms with Crippen molar-refractivity contribution in [3.63, 3.8) is 0 Å². The van der Waals surface area contributed by atoms with E-state index in [0.717, 1.165) is 10.5 Å². The summed E-state index contributed by atoms with van der Waals surface area (Å²) in [4.78, 5) is 23.7. The molecule has 98 valence electrons. The number of anilines is 1.